The Morgan fingerprint density at radius 2 is 2.07 bits per heavy atom. The second-order valence-corrected chi connectivity index (χ2v) is 2.34. The maximum atomic E-state index is 13.0. The van der Waals surface area contributed by atoms with Crippen LogP contribution in [0.4, 0.5) is 14.5 Å². The smallest absolute Gasteiger partial charge is 0.222 e. The number of hydrogen-bond donors (Lipinski definition) is 2. The van der Waals surface area contributed by atoms with Crippen LogP contribution < -0.4 is 11.5 Å². The topological polar surface area (TPSA) is 76.8 Å². The fourth-order valence-electron chi connectivity index (χ4n) is 0.801. The Bertz CT molecular complexity index is 387. The summed E-state index contributed by atoms with van der Waals surface area (Å²) >= 11 is 0. The van der Waals surface area contributed by atoms with E-state index in [1.807, 2.05) is 0 Å². The van der Waals surface area contributed by atoms with Crippen molar-refractivity contribution in [2.24, 2.45) is 21.5 Å². The minimum absolute atomic E-state index is 0.0884. The molecule has 0 aliphatic heterocycles. The van der Waals surface area contributed by atoms with Crippen molar-refractivity contribution >= 4 is 18.0 Å². The molecule has 0 amide bonds. The molecule has 14 heavy (non-hydrogen) atoms. The molecule has 0 unspecified atom stereocenters. The van der Waals surface area contributed by atoms with Crippen LogP contribution in [-0.4, -0.2) is 12.3 Å². The van der Waals surface area contributed by atoms with Gasteiger partial charge < -0.3 is 11.5 Å². The van der Waals surface area contributed by atoms with Crippen LogP contribution in [0.2, 0.25) is 0 Å². The molecule has 74 valence electrons. The molecular weight excluding hydrogens is 190 g/mol. The highest BCUT2D eigenvalue weighted by Crippen LogP contribution is 2.17. The molecule has 0 saturated carbocycles. The van der Waals surface area contributed by atoms with E-state index in [0.29, 0.717) is 6.07 Å². The number of nitrogens with zero attached hydrogens (tertiary/aromatic N) is 2. The summed E-state index contributed by atoms with van der Waals surface area (Å²) in [5.74, 6) is -1.68. The predicted octanol–water partition coefficient (Wildman–Crippen LogP) is 0.898. The van der Waals surface area contributed by atoms with Crippen LogP contribution in [0, 0.1) is 11.6 Å². The summed E-state index contributed by atoms with van der Waals surface area (Å²) in [6, 6.07) is 2.93. The van der Waals surface area contributed by atoms with Gasteiger partial charge in [-0.05, 0) is 12.1 Å². The first kappa shape index (κ1) is 10.1. The third-order valence-electron chi connectivity index (χ3n) is 1.35. The predicted molar refractivity (Wildman–Crippen MR) is 50.3 cm³/mol. The molecule has 0 aliphatic carbocycles. The summed E-state index contributed by atoms with van der Waals surface area (Å²) in [6.07, 6.45) is 0.931. The summed E-state index contributed by atoms with van der Waals surface area (Å²) in [5.41, 5.74) is 10.1. The number of halogens is 2. The molecule has 1 aromatic carbocycles. The van der Waals surface area contributed by atoms with E-state index in [2.05, 4.69) is 9.98 Å². The Kier molecular flexibility index (Phi) is 3.11. The van der Waals surface area contributed by atoms with Crippen LogP contribution in [0.3, 0.4) is 0 Å². The molecule has 6 heteroatoms. The Balaban J connectivity index is 3.03. The standard InChI is InChI=1S/C8H8F2N4/c9-5-1-2-7(6(10)3-5)14-8(12)13-4-11/h1-4H,(H4,11,12,13,14). The average Bonchev–Trinajstić information content (AvgIpc) is 2.10. The van der Waals surface area contributed by atoms with E-state index >= 15 is 0 Å². The molecule has 0 fully saturated rings. The van der Waals surface area contributed by atoms with Gasteiger partial charge in [-0.2, -0.15) is 0 Å². The van der Waals surface area contributed by atoms with Crippen molar-refractivity contribution in [2.45, 2.75) is 0 Å². The van der Waals surface area contributed by atoms with Crippen molar-refractivity contribution in [1.29, 1.82) is 0 Å². The van der Waals surface area contributed by atoms with Gasteiger partial charge in [0.2, 0.25) is 5.96 Å². The molecule has 0 heterocycles. The summed E-state index contributed by atoms with van der Waals surface area (Å²) in [5, 5.41) is 0. The number of benzene rings is 1. The first-order valence-corrected chi connectivity index (χ1v) is 3.67. The van der Waals surface area contributed by atoms with Crippen LogP contribution >= 0.6 is 0 Å². The highest BCUT2D eigenvalue weighted by atomic mass is 19.1. The van der Waals surface area contributed by atoms with Gasteiger partial charge in [0.25, 0.3) is 0 Å². The van der Waals surface area contributed by atoms with Crippen molar-refractivity contribution in [3.8, 4) is 0 Å². The molecule has 4 N–H and O–H groups in total. The van der Waals surface area contributed by atoms with Crippen molar-refractivity contribution in [3.63, 3.8) is 0 Å². The van der Waals surface area contributed by atoms with E-state index in [4.69, 9.17) is 11.5 Å². The number of rotatable bonds is 1. The monoisotopic (exact) mass is 198 g/mol. The number of hydrogen-bond acceptors (Lipinski definition) is 1. The average molecular weight is 198 g/mol. The molecule has 0 atom stereocenters. The van der Waals surface area contributed by atoms with Crippen LogP contribution in [0.25, 0.3) is 0 Å². The van der Waals surface area contributed by atoms with Crippen LogP contribution in [0.15, 0.2) is 28.2 Å². The normalized spacial score (nSPS) is 12.3. The van der Waals surface area contributed by atoms with Gasteiger partial charge >= 0.3 is 0 Å². The minimum atomic E-state index is -0.805. The maximum absolute atomic E-state index is 13.0. The lowest BCUT2D eigenvalue weighted by Gasteiger charge is -1.96. The van der Waals surface area contributed by atoms with Crippen molar-refractivity contribution < 1.29 is 8.78 Å². The van der Waals surface area contributed by atoms with Crippen molar-refractivity contribution in [2.75, 3.05) is 0 Å². The Hall–Kier alpha value is -1.98. The SMILES string of the molecule is N/C=N\C(N)=Nc1ccc(F)cc1F. The fourth-order valence-corrected chi connectivity index (χ4v) is 0.801. The van der Waals surface area contributed by atoms with E-state index in [0.717, 1.165) is 18.5 Å². The van der Waals surface area contributed by atoms with E-state index in [1.54, 1.807) is 0 Å². The first-order valence-electron chi connectivity index (χ1n) is 3.67. The summed E-state index contributed by atoms with van der Waals surface area (Å²) in [4.78, 5) is 6.97. The Morgan fingerprint density at radius 3 is 2.64 bits per heavy atom. The lowest BCUT2D eigenvalue weighted by atomic mass is 10.3. The summed E-state index contributed by atoms with van der Waals surface area (Å²) in [7, 11) is 0. The molecular formula is C8H8F2N4. The van der Waals surface area contributed by atoms with Gasteiger partial charge in [0.05, 0.1) is 6.34 Å². The highest BCUT2D eigenvalue weighted by Gasteiger charge is 2.02. The third-order valence-corrected chi connectivity index (χ3v) is 1.35. The second kappa shape index (κ2) is 4.31. The number of nitrogens with two attached hydrogens (primary N) is 2. The van der Waals surface area contributed by atoms with E-state index in [9.17, 15) is 8.78 Å². The van der Waals surface area contributed by atoms with Gasteiger partial charge in [-0.3, -0.25) is 0 Å². The van der Waals surface area contributed by atoms with E-state index in [-0.39, 0.29) is 11.6 Å². The quantitative estimate of drug-likeness (QED) is 0.519. The summed E-state index contributed by atoms with van der Waals surface area (Å²) < 4.78 is 25.4. The zero-order valence-corrected chi connectivity index (χ0v) is 7.11. The largest absolute Gasteiger partial charge is 0.390 e. The second-order valence-electron chi connectivity index (χ2n) is 2.34. The van der Waals surface area contributed by atoms with Crippen LogP contribution in [0.1, 0.15) is 0 Å². The van der Waals surface area contributed by atoms with Crippen LogP contribution in [-0.2, 0) is 0 Å². The number of guanidine groups is 1. The van der Waals surface area contributed by atoms with Gasteiger partial charge in [-0.15, -0.1) is 0 Å². The summed E-state index contributed by atoms with van der Waals surface area (Å²) in [6.45, 7) is 0. The Labute approximate surface area is 79.0 Å². The minimum Gasteiger partial charge on any atom is -0.390 e. The van der Waals surface area contributed by atoms with Crippen LogP contribution in [0.5, 0.6) is 0 Å². The lowest BCUT2D eigenvalue weighted by molar-refractivity contribution is 0.585. The molecule has 0 spiro atoms. The van der Waals surface area contributed by atoms with Gasteiger partial charge in [-0.1, -0.05) is 0 Å². The maximum Gasteiger partial charge on any atom is 0.222 e. The molecule has 4 nitrogen and oxygen atoms in total. The molecule has 1 rings (SSSR count). The molecule has 0 saturated heterocycles. The van der Waals surface area contributed by atoms with E-state index < -0.39 is 11.6 Å². The van der Waals surface area contributed by atoms with Crippen molar-refractivity contribution in [3.05, 3.63) is 29.8 Å². The zero-order valence-electron chi connectivity index (χ0n) is 7.11. The first-order chi connectivity index (χ1) is 6.63. The van der Waals surface area contributed by atoms with Gasteiger partial charge in [0.15, 0.2) is 5.82 Å². The van der Waals surface area contributed by atoms with Gasteiger partial charge in [-0.25, -0.2) is 18.8 Å². The molecule has 1 aromatic rings. The fraction of sp³-hybridized carbons (Fsp3) is 0. The number of aliphatic imine (C=N–C) groups is 2. The van der Waals surface area contributed by atoms with Gasteiger partial charge in [0, 0.05) is 6.07 Å². The lowest BCUT2D eigenvalue weighted by Crippen LogP contribution is -2.09. The highest BCUT2D eigenvalue weighted by molar-refractivity contribution is 5.87. The molecule has 0 aliphatic rings. The molecule has 0 radical (unpaired) electrons. The van der Waals surface area contributed by atoms with Crippen molar-refractivity contribution in [1.82, 2.24) is 0 Å². The zero-order chi connectivity index (χ0) is 10.6. The third kappa shape index (κ3) is 2.51. The molecule has 0 bridgehead atoms. The Morgan fingerprint density at radius 1 is 1.36 bits per heavy atom. The van der Waals surface area contributed by atoms with E-state index in [1.165, 1.54) is 0 Å². The van der Waals surface area contributed by atoms with Gasteiger partial charge in [0.1, 0.15) is 11.5 Å². The molecule has 0 aromatic heterocycles.